The molecule has 0 radical (unpaired) electrons. The van der Waals surface area contributed by atoms with E-state index in [4.69, 9.17) is 0 Å². The van der Waals surface area contributed by atoms with Gasteiger partial charge in [-0.1, -0.05) is 11.8 Å². The van der Waals surface area contributed by atoms with Crippen LogP contribution in [0.4, 0.5) is 0 Å². The molecule has 1 N–H and O–H groups in total. The normalized spacial score (nSPS) is 12.2. The number of thiazole rings is 1. The largest absolute Gasteiger partial charge is 0.347 e. The molecule has 21 heavy (non-hydrogen) atoms. The maximum atomic E-state index is 12.0. The van der Waals surface area contributed by atoms with Gasteiger partial charge in [-0.05, 0) is 33.8 Å². The second-order valence-electron chi connectivity index (χ2n) is 4.73. The number of nitrogens with zero attached hydrogens (tertiary/aromatic N) is 3. The first kappa shape index (κ1) is 15.9. The van der Waals surface area contributed by atoms with E-state index >= 15 is 0 Å². The van der Waals surface area contributed by atoms with E-state index in [2.05, 4.69) is 20.3 Å². The van der Waals surface area contributed by atoms with Gasteiger partial charge in [-0.3, -0.25) is 4.79 Å². The SMILES string of the molecule is Cc1ccnc(SCC(=O)N[C@H](C)c2nc(C)sc2C)n1. The summed E-state index contributed by atoms with van der Waals surface area (Å²) in [6.45, 7) is 7.85. The second-order valence-corrected chi connectivity index (χ2v) is 7.08. The quantitative estimate of drug-likeness (QED) is 0.677. The lowest BCUT2D eigenvalue weighted by molar-refractivity contribution is -0.119. The molecule has 0 aromatic carbocycles. The van der Waals surface area contributed by atoms with E-state index in [0.717, 1.165) is 21.3 Å². The Morgan fingerprint density at radius 3 is 2.76 bits per heavy atom. The summed E-state index contributed by atoms with van der Waals surface area (Å²) >= 11 is 2.99. The Labute approximate surface area is 132 Å². The van der Waals surface area contributed by atoms with Crippen LogP contribution in [-0.2, 0) is 4.79 Å². The van der Waals surface area contributed by atoms with Crippen LogP contribution < -0.4 is 5.32 Å². The van der Waals surface area contributed by atoms with Crippen LogP contribution >= 0.6 is 23.1 Å². The van der Waals surface area contributed by atoms with E-state index in [1.807, 2.05) is 33.8 Å². The van der Waals surface area contributed by atoms with Crippen molar-refractivity contribution in [3.63, 3.8) is 0 Å². The Kier molecular flexibility index (Phi) is 5.30. The number of thioether (sulfide) groups is 1. The van der Waals surface area contributed by atoms with E-state index in [1.54, 1.807) is 17.5 Å². The van der Waals surface area contributed by atoms with Gasteiger partial charge in [0.2, 0.25) is 5.91 Å². The van der Waals surface area contributed by atoms with Gasteiger partial charge in [-0.2, -0.15) is 0 Å². The first-order valence-electron chi connectivity index (χ1n) is 6.61. The first-order valence-corrected chi connectivity index (χ1v) is 8.41. The van der Waals surface area contributed by atoms with E-state index in [0.29, 0.717) is 10.9 Å². The van der Waals surface area contributed by atoms with Crippen molar-refractivity contribution in [1.29, 1.82) is 0 Å². The highest BCUT2D eigenvalue weighted by atomic mass is 32.2. The summed E-state index contributed by atoms with van der Waals surface area (Å²) in [5.74, 6) is 0.262. The van der Waals surface area contributed by atoms with Gasteiger partial charge in [0.25, 0.3) is 0 Å². The number of carbonyl (C=O) groups excluding carboxylic acids is 1. The van der Waals surface area contributed by atoms with Crippen molar-refractivity contribution in [2.45, 2.75) is 38.9 Å². The number of hydrogen-bond donors (Lipinski definition) is 1. The molecule has 1 atom stereocenters. The summed E-state index contributed by atoms with van der Waals surface area (Å²) in [7, 11) is 0. The van der Waals surface area contributed by atoms with E-state index in [1.165, 1.54) is 11.8 Å². The number of aromatic nitrogens is 3. The Bertz CT molecular complexity index is 642. The van der Waals surface area contributed by atoms with Gasteiger partial charge in [0.15, 0.2) is 5.16 Å². The van der Waals surface area contributed by atoms with E-state index in [-0.39, 0.29) is 11.9 Å². The summed E-state index contributed by atoms with van der Waals surface area (Å²) in [4.78, 5) is 26.0. The molecule has 0 saturated carbocycles. The van der Waals surface area contributed by atoms with Crippen LogP contribution in [0.1, 0.15) is 34.2 Å². The smallest absolute Gasteiger partial charge is 0.231 e. The van der Waals surface area contributed by atoms with Crippen LogP contribution in [0.5, 0.6) is 0 Å². The minimum atomic E-state index is -0.0820. The molecule has 2 heterocycles. The molecular weight excluding hydrogens is 304 g/mol. The van der Waals surface area contributed by atoms with Gasteiger partial charge in [0.05, 0.1) is 22.5 Å². The van der Waals surface area contributed by atoms with Gasteiger partial charge in [0, 0.05) is 16.8 Å². The average molecular weight is 322 g/mol. The Balaban J connectivity index is 1.88. The van der Waals surface area contributed by atoms with Gasteiger partial charge in [-0.25, -0.2) is 15.0 Å². The number of hydrogen-bond acceptors (Lipinski definition) is 6. The molecule has 0 aliphatic heterocycles. The third-order valence-corrected chi connectivity index (χ3v) is 4.60. The monoisotopic (exact) mass is 322 g/mol. The molecular formula is C14H18N4OS2. The van der Waals surface area contributed by atoms with Crippen molar-refractivity contribution in [1.82, 2.24) is 20.3 Å². The standard InChI is InChI=1S/C14H18N4OS2/c1-8-5-6-15-14(16-8)20-7-12(19)17-9(2)13-10(3)21-11(4)18-13/h5-6,9H,7H2,1-4H3,(H,17,19)/t9-/m1/s1. The number of rotatable bonds is 5. The van der Waals surface area contributed by atoms with Crippen molar-refractivity contribution < 1.29 is 4.79 Å². The number of nitrogens with one attached hydrogen (secondary N) is 1. The van der Waals surface area contributed by atoms with Crippen LogP contribution in [0, 0.1) is 20.8 Å². The van der Waals surface area contributed by atoms with Gasteiger partial charge < -0.3 is 5.32 Å². The molecule has 0 fully saturated rings. The lowest BCUT2D eigenvalue weighted by Gasteiger charge is -2.12. The molecule has 2 aromatic heterocycles. The molecule has 0 aliphatic carbocycles. The number of carbonyl (C=O) groups is 1. The Morgan fingerprint density at radius 2 is 2.14 bits per heavy atom. The second kappa shape index (κ2) is 7.00. The first-order chi connectivity index (χ1) is 9.95. The highest BCUT2D eigenvalue weighted by Gasteiger charge is 2.15. The zero-order chi connectivity index (χ0) is 15.4. The molecule has 112 valence electrons. The lowest BCUT2D eigenvalue weighted by Crippen LogP contribution is -2.28. The summed E-state index contributed by atoms with van der Waals surface area (Å²) in [6, 6.07) is 1.75. The minimum Gasteiger partial charge on any atom is -0.347 e. The van der Waals surface area contributed by atoms with Gasteiger partial charge in [0.1, 0.15) is 0 Å². The third-order valence-electron chi connectivity index (χ3n) is 2.83. The zero-order valence-electron chi connectivity index (χ0n) is 12.5. The molecule has 2 rings (SSSR count). The zero-order valence-corrected chi connectivity index (χ0v) is 14.1. The summed E-state index contributed by atoms with van der Waals surface area (Å²) in [5.41, 5.74) is 1.84. The summed E-state index contributed by atoms with van der Waals surface area (Å²) in [5, 5.41) is 4.61. The maximum absolute atomic E-state index is 12.0. The third kappa shape index (κ3) is 4.50. The van der Waals surface area contributed by atoms with Crippen molar-refractivity contribution >= 4 is 29.0 Å². The molecule has 0 aliphatic rings. The highest BCUT2D eigenvalue weighted by molar-refractivity contribution is 7.99. The van der Waals surface area contributed by atoms with Crippen LogP contribution in [0.2, 0.25) is 0 Å². The average Bonchev–Trinajstić information content (AvgIpc) is 2.75. The van der Waals surface area contributed by atoms with Crippen molar-refractivity contribution in [3.8, 4) is 0 Å². The molecule has 1 amide bonds. The fraction of sp³-hybridized carbons (Fsp3) is 0.429. The predicted octanol–water partition coefficient (Wildman–Crippen LogP) is 2.83. The lowest BCUT2D eigenvalue weighted by atomic mass is 10.2. The Hall–Kier alpha value is -1.47. The maximum Gasteiger partial charge on any atom is 0.231 e. The van der Waals surface area contributed by atoms with E-state index < -0.39 is 0 Å². The van der Waals surface area contributed by atoms with Gasteiger partial charge in [-0.15, -0.1) is 11.3 Å². The number of amides is 1. The van der Waals surface area contributed by atoms with Crippen LogP contribution in [0.25, 0.3) is 0 Å². The topological polar surface area (TPSA) is 67.8 Å². The predicted molar refractivity (Wildman–Crippen MR) is 85.6 cm³/mol. The molecule has 0 spiro atoms. The summed E-state index contributed by atoms with van der Waals surface area (Å²) < 4.78 is 0. The molecule has 0 saturated heterocycles. The summed E-state index contributed by atoms with van der Waals surface area (Å²) in [6.07, 6.45) is 1.70. The molecule has 0 unspecified atom stereocenters. The van der Waals surface area contributed by atoms with Crippen LogP contribution in [-0.4, -0.2) is 26.6 Å². The van der Waals surface area contributed by atoms with Crippen LogP contribution in [0.15, 0.2) is 17.4 Å². The highest BCUT2D eigenvalue weighted by Crippen LogP contribution is 2.22. The number of aryl methyl sites for hydroxylation is 3. The molecule has 5 nitrogen and oxygen atoms in total. The van der Waals surface area contributed by atoms with E-state index in [9.17, 15) is 4.79 Å². The van der Waals surface area contributed by atoms with Crippen molar-refractivity contribution in [3.05, 3.63) is 33.5 Å². The van der Waals surface area contributed by atoms with Crippen LogP contribution in [0.3, 0.4) is 0 Å². The molecule has 2 aromatic rings. The minimum absolute atomic E-state index is 0.0392. The van der Waals surface area contributed by atoms with Crippen molar-refractivity contribution in [2.24, 2.45) is 0 Å². The Morgan fingerprint density at radius 1 is 1.38 bits per heavy atom. The fourth-order valence-electron chi connectivity index (χ4n) is 1.92. The fourth-order valence-corrected chi connectivity index (χ4v) is 3.53. The van der Waals surface area contributed by atoms with Crippen molar-refractivity contribution in [2.75, 3.05) is 5.75 Å². The molecule has 0 bridgehead atoms. The molecule has 7 heteroatoms. The van der Waals surface area contributed by atoms with Gasteiger partial charge >= 0.3 is 0 Å².